The van der Waals surface area contributed by atoms with Gasteiger partial charge in [0.05, 0.1) is 26.2 Å². The van der Waals surface area contributed by atoms with E-state index in [2.05, 4.69) is 243 Å². The summed E-state index contributed by atoms with van der Waals surface area (Å²) >= 11 is 0. The van der Waals surface area contributed by atoms with E-state index >= 15 is 0 Å². The molecule has 0 saturated carbocycles. The Morgan fingerprint density at radius 2 is 0.969 bits per heavy atom. The Hall–Kier alpha value is -6.68. The first-order valence-electron chi connectivity index (χ1n) is 24.2. The molecule has 2 unspecified atom stereocenters. The second kappa shape index (κ2) is 20.4. The minimum atomic E-state index is 0.0930. The van der Waals surface area contributed by atoms with Crippen LogP contribution >= 0.6 is 0 Å². The lowest BCUT2D eigenvalue weighted by molar-refractivity contribution is -0.923. The van der Waals surface area contributed by atoms with Crippen molar-refractivity contribution in [3.05, 3.63) is 251 Å². The summed E-state index contributed by atoms with van der Waals surface area (Å²) in [4.78, 5) is 4.84. The van der Waals surface area contributed by atoms with Gasteiger partial charge in [-0.25, -0.2) is 0 Å². The van der Waals surface area contributed by atoms with Crippen LogP contribution in [0.25, 0.3) is 5.57 Å². The minimum Gasteiger partial charge on any atom is -0.324 e. The lowest BCUT2D eigenvalue weighted by Gasteiger charge is -2.39. The molecule has 0 spiro atoms. The number of allylic oxidation sites excluding steroid dienone is 4. The largest absolute Gasteiger partial charge is 0.324 e. The average molecular weight is 851 g/mol. The molecule has 0 bridgehead atoms. The molecule has 0 fully saturated rings. The highest BCUT2D eigenvalue weighted by molar-refractivity contribution is 5.91. The van der Waals surface area contributed by atoms with Gasteiger partial charge in [0.25, 0.3) is 0 Å². The second-order valence-electron chi connectivity index (χ2n) is 17.8. The Bertz CT molecular complexity index is 2650. The summed E-state index contributed by atoms with van der Waals surface area (Å²) in [6.45, 7) is 12.1. The highest BCUT2D eigenvalue weighted by Crippen LogP contribution is 2.53. The van der Waals surface area contributed by atoms with Crippen molar-refractivity contribution in [3.8, 4) is 0 Å². The van der Waals surface area contributed by atoms with Crippen LogP contribution in [0.5, 0.6) is 0 Å². The SMILES string of the molecule is CC[N+](CC)(CC)CCCCCCc1ccc(N(c2ccccc2)c2ccc3c(c2)C(c2ccccc2)=C2C=CC(N(c4ccccc4)c4ccccc4)=CC2C3c2ccccc2)cc1. The molecule has 3 heteroatoms. The molecule has 0 heterocycles. The van der Waals surface area contributed by atoms with Gasteiger partial charge in [-0.2, -0.15) is 0 Å². The number of nitrogens with zero attached hydrogens (tertiary/aromatic N) is 3. The van der Waals surface area contributed by atoms with E-state index in [0.717, 1.165) is 29.2 Å². The predicted octanol–water partition coefficient (Wildman–Crippen LogP) is 16.0. The number of para-hydroxylation sites is 3. The summed E-state index contributed by atoms with van der Waals surface area (Å²) in [7, 11) is 0. The molecule has 2 aliphatic rings. The fourth-order valence-electron chi connectivity index (χ4n) is 10.5. The van der Waals surface area contributed by atoms with Crippen LogP contribution in [0.2, 0.25) is 0 Å². The van der Waals surface area contributed by atoms with Crippen LogP contribution in [0.3, 0.4) is 0 Å². The molecular weight excluding hydrogens is 787 g/mol. The van der Waals surface area contributed by atoms with E-state index in [1.165, 1.54) is 107 Å². The number of rotatable bonds is 18. The van der Waals surface area contributed by atoms with Crippen molar-refractivity contribution < 1.29 is 4.48 Å². The van der Waals surface area contributed by atoms with Gasteiger partial charge < -0.3 is 14.3 Å². The van der Waals surface area contributed by atoms with Crippen LogP contribution in [0.4, 0.5) is 28.4 Å². The third kappa shape index (κ3) is 9.44. The lowest BCUT2D eigenvalue weighted by Crippen LogP contribution is -2.48. The van der Waals surface area contributed by atoms with Crippen molar-refractivity contribution in [3.63, 3.8) is 0 Å². The molecule has 3 nitrogen and oxygen atoms in total. The maximum Gasteiger partial charge on any atom is 0.0786 e. The second-order valence-corrected chi connectivity index (χ2v) is 17.8. The van der Waals surface area contributed by atoms with Crippen LogP contribution in [0.1, 0.15) is 80.2 Å². The highest BCUT2D eigenvalue weighted by Gasteiger charge is 2.37. The number of anilines is 5. The monoisotopic (exact) mass is 851 g/mol. The fourth-order valence-corrected chi connectivity index (χ4v) is 10.5. The maximum atomic E-state index is 2.53. The van der Waals surface area contributed by atoms with E-state index in [9.17, 15) is 0 Å². The van der Waals surface area contributed by atoms with Gasteiger partial charge in [0.2, 0.25) is 0 Å². The topological polar surface area (TPSA) is 6.48 Å². The first-order valence-corrected chi connectivity index (χ1v) is 24.2. The fraction of sp³-hybridized carbons (Fsp3) is 0.226. The molecule has 0 aliphatic heterocycles. The summed E-state index contributed by atoms with van der Waals surface area (Å²) in [5.74, 6) is 0.197. The van der Waals surface area contributed by atoms with Crippen molar-refractivity contribution in [2.45, 2.75) is 58.8 Å². The molecule has 0 amide bonds. The Labute approximate surface area is 388 Å². The molecule has 9 rings (SSSR count). The molecule has 7 aromatic carbocycles. The smallest absolute Gasteiger partial charge is 0.0786 e. The van der Waals surface area contributed by atoms with Gasteiger partial charge in [-0.05, 0) is 152 Å². The number of hydrogen-bond donors (Lipinski definition) is 0. The van der Waals surface area contributed by atoms with Gasteiger partial charge in [0.1, 0.15) is 0 Å². The molecule has 65 heavy (non-hydrogen) atoms. The van der Waals surface area contributed by atoms with E-state index in [4.69, 9.17) is 0 Å². The van der Waals surface area contributed by atoms with Gasteiger partial charge in [-0.3, -0.25) is 0 Å². The zero-order valence-electron chi connectivity index (χ0n) is 38.6. The quantitative estimate of drug-likeness (QED) is 0.0627. The Kier molecular flexibility index (Phi) is 13.7. The van der Waals surface area contributed by atoms with Crippen molar-refractivity contribution in [2.24, 2.45) is 5.92 Å². The predicted molar refractivity (Wildman–Crippen MR) is 277 cm³/mol. The Morgan fingerprint density at radius 1 is 0.462 bits per heavy atom. The van der Waals surface area contributed by atoms with Crippen LogP contribution in [-0.2, 0) is 6.42 Å². The van der Waals surface area contributed by atoms with Crippen LogP contribution in [0.15, 0.2) is 224 Å². The van der Waals surface area contributed by atoms with Gasteiger partial charge in [0.15, 0.2) is 0 Å². The normalized spacial score (nSPS) is 15.5. The van der Waals surface area contributed by atoms with Crippen molar-refractivity contribution in [1.29, 1.82) is 0 Å². The molecule has 0 saturated heterocycles. The first-order chi connectivity index (χ1) is 32.1. The third-order valence-corrected chi connectivity index (χ3v) is 14.3. The number of fused-ring (bicyclic) bond motifs is 2. The van der Waals surface area contributed by atoms with E-state index in [1.807, 2.05) is 0 Å². The number of quaternary nitrogens is 1. The number of unbranched alkanes of at least 4 members (excludes halogenated alkanes) is 3. The molecule has 7 aromatic rings. The number of aryl methyl sites for hydroxylation is 1. The van der Waals surface area contributed by atoms with Crippen molar-refractivity contribution in [2.75, 3.05) is 36.0 Å². The van der Waals surface area contributed by atoms with Crippen LogP contribution < -0.4 is 9.80 Å². The summed E-state index contributed by atoms with van der Waals surface area (Å²) in [5, 5.41) is 0. The Morgan fingerprint density at radius 3 is 1.55 bits per heavy atom. The number of benzene rings is 7. The maximum absolute atomic E-state index is 2.53. The summed E-state index contributed by atoms with van der Waals surface area (Å²) in [6, 6.07) is 71.3. The lowest BCUT2D eigenvalue weighted by atomic mass is 9.66. The van der Waals surface area contributed by atoms with E-state index in [-0.39, 0.29) is 11.8 Å². The zero-order valence-corrected chi connectivity index (χ0v) is 38.6. The van der Waals surface area contributed by atoms with Crippen LogP contribution in [-0.4, -0.2) is 30.7 Å². The number of hydrogen-bond acceptors (Lipinski definition) is 2. The summed E-state index contributed by atoms with van der Waals surface area (Å²) < 4.78 is 1.25. The van der Waals surface area contributed by atoms with E-state index in [0.29, 0.717) is 0 Å². The van der Waals surface area contributed by atoms with Crippen LogP contribution in [0, 0.1) is 5.92 Å². The first kappa shape index (κ1) is 43.6. The van der Waals surface area contributed by atoms with E-state index in [1.54, 1.807) is 0 Å². The molecule has 2 aliphatic carbocycles. The minimum absolute atomic E-state index is 0.0930. The summed E-state index contributed by atoms with van der Waals surface area (Å²) in [5.41, 5.74) is 16.2. The van der Waals surface area contributed by atoms with Crippen molar-refractivity contribution in [1.82, 2.24) is 0 Å². The Balaban J connectivity index is 1.10. The van der Waals surface area contributed by atoms with Gasteiger partial charge in [-0.15, -0.1) is 0 Å². The highest BCUT2D eigenvalue weighted by atomic mass is 15.3. The van der Waals surface area contributed by atoms with Gasteiger partial charge in [-0.1, -0.05) is 152 Å². The molecule has 0 aromatic heterocycles. The zero-order chi connectivity index (χ0) is 44.4. The van der Waals surface area contributed by atoms with Gasteiger partial charge in [0, 0.05) is 46.0 Å². The standard InChI is InChI=1S/C62H64N3/c1-4-65(5-2,6-3)45-25-8-7-14-26-48-37-39-54(40-38-48)64(53-35-23-13-24-36-53)56-42-44-58-60(47-56)62(50-29-17-10-18-30-50)57-43-41-55(46-59(57)61(58)49-27-15-9-16-28-49)63(51-31-19-11-20-32-51)52-33-21-12-22-34-52/h9-13,15-24,27-44,46-47,59,61H,4-8,14,25-26,45H2,1-3H3/q+1. The molecule has 2 atom stereocenters. The molecule has 0 radical (unpaired) electrons. The summed E-state index contributed by atoms with van der Waals surface area (Å²) in [6.07, 6.45) is 13.6. The molecular formula is C62H64N3+. The molecule has 0 N–H and O–H groups in total. The average Bonchev–Trinajstić information content (AvgIpc) is 3.37. The van der Waals surface area contributed by atoms with E-state index < -0.39 is 0 Å². The third-order valence-electron chi connectivity index (χ3n) is 14.3. The van der Waals surface area contributed by atoms with Crippen molar-refractivity contribution >= 4 is 34.0 Å². The van der Waals surface area contributed by atoms with Gasteiger partial charge >= 0.3 is 0 Å². The molecule has 326 valence electrons.